The second-order valence-corrected chi connectivity index (χ2v) is 9.76. The topological polar surface area (TPSA) is 93.1 Å². The van der Waals surface area contributed by atoms with Crippen LogP contribution in [0.15, 0.2) is 45.3 Å². The molecular formula is C18H20Br2O6S. The van der Waals surface area contributed by atoms with Crippen molar-refractivity contribution in [3.8, 4) is 11.5 Å². The fourth-order valence-corrected chi connectivity index (χ4v) is 5.12. The first-order chi connectivity index (χ1) is 12.7. The van der Waals surface area contributed by atoms with Crippen LogP contribution in [0.5, 0.6) is 11.5 Å². The second-order valence-electron chi connectivity index (χ2n) is 5.90. The van der Waals surface area contributed by atoms with Crippen LogP contribution in [0, 0.1) is 0 Å². The Labute approximate surface area is 175 Å². The van der Waals surface area contributed by atoms with E-state index in [4.69, 9.17) is 9.47 Å². The van der Waals surface area contributed by atoms with Crippen molar-refractivity contribution in [2.24, 2.45) is 0 Å². The third-order valence-corrected chi connectivity index (χ3v) is 6.83. The number of aliphatic hydroxyl groups excluding tert-OH is 2. The molecule has 27 heavy (non-hydrogen) atoms. The van der Waals surface area contributed by atoms with Gasteiger partial charge in [0.25, 0.3) is 0 Å². The van der Waals surface area contributed by atoms with Crippen molar-refractivity contribution in [3.63, 3.8) is 0 Å². The second kappa shape index (κ2) is 9.38. The van der Waals surface area contributed by atoms with E-state index in [9.17, 15) is 18.6 Å². The summed E-state index contributed by atoms with van der Waals surface area (Å²) in [6, 6.07) is 9.69. The van der Waals surface area contributed by atoms with Gasteiger partial charge in [0.05, 0.1) is 46.9 Å². The van der Waals surface area contributed by atoms with Crippen LogP contribution >= 0.6 is 31.9 Å². The maximum atomic E-state index is 12.4. The van der Waals surface area contributed by atoms with E-state index in [1.165, 1.54) is 14.2 Å². The van der Waals surface area contributed by atoms with E-state index in [-0.39, 0.29) is 0 Å². The molecule has 2 N–H and O–H groups in total. The van der Waals surface area contributed by atoms with Gasteiger partial charge < -0.3 is 19.7 Å². The highest BCUT2D eigenvalue weighted by molar-refractivity contribution is 9.10. The van der Waals surface area contributed by atoms with Crippen molar-refractivity contribution in [1.29, 1.82) is 0 Å². The van der Waals surface area contributed by atoms with Gasteiger partial charge in [-0.2, -0.15) is 0 Å². The van der Waals surface area contributed by atoms with Crippen LogP contribution in [0.25, 0.3) is 0 Å². The monoisotopic (exact) mass is 522 g/mol. The van der Waals surface area contributed by atoms with Gasteiger partial charge in [-0.1, -0.05) is 12.1 Å². The van der Waals surface area contributed by atoms with Gasteiger partial charge in [-0.25, -0.2) is 8.42 Å². The molecule has 2 aromatic carbocycles. The van der Waals surface area contributed by atoms with Crippen LogP contribution in [0.1, 0.15) is 23.3 Å². The normalized spacial score (nSPS) is 13.9. The number of halogens is 2. The van der Waals surface area contributed by atoms with Crippen molar-refractivity contribution in [2.45, 2.75) is 12.2 Å². The lowest BCUT2D eigenvalue weighted by molar-refractivity contribution is 0.194. The van der Waals surface area contributed by atoms with E-state index in [1.807, 2.05) is 0 Å². The number of sulfone groups is 1. The van der Waals surface area contributed by atoms with Gasteiger partial charge in [0.1, 0.15) is 11.5 Å². The number of hydrogen-bond donors (Lipinski definition) is 2. The molecule has 148 valence electrons. The van der Waals surface area contributed by atoms with Crippen molar-refractivity contribution in [1.82, 2.24) is 0 Å². The van der Waals surface area contributed by atoms with Crippen LogP contribution < -0.4 is 9.47 Å². The average Bonchev–Trinajstić information content (AvgIpc) is 2.60. The van der Waals surface area contributed by atoms with E-state index >= 15 is 0 Å². The zero-order valence-electron chi connectivity index (χ0n) is 14.7. The molecule has 0 amide bonds. The first kappa shape index (κ1) is 22.2. The zero-order chi connectivity index (χ0) is 20.2. The molecule has 0 bridgehead atoms. The fraction of sp³-hybridized carbons (Fsp3) is 0.333. The molecule has 6 nitrogen and oxygen atoms in total. The quantitative estimate of drug-likeness (QED) is 0.550. The third-order valence-electron chi connectivity index (χ3n) is 3.94. The van der Waals surface area contributed by atoms with Gasteiger partial charge in [-0.05, 0) is 67.3 Å². The Morgan fingerprint density at radius 1 is 0.852 bits per heavy atom. The number of ether oxygens (including phenoxy) is 2. The Morgan fingerprint density at radius 3 is 1.52 bits per heavy atom. The molecule has 0 heterocycles. The minimum absolute atomic E-state index is 0.438. The fourth-order valence-electron chi connectivity index (χ4n) is 2.52. The highest BCUT2D eigenvalue weighted by Crippen LogP contribution is 2.30. The Morgan fingerprint density at radius 2 is 1.22 bits per heavy atom. The molecule has 0 spiro atoms. The van der Waals surface area contributed by atoms with Crippen molar-refractivity contribution >= 4 is 41.7 Å². The molecule has 0 aliphatic heterocycles. The van der Waals surface area contributed by atoms with Gasteiger partial charge in [-0.3, -0.25) is 0 Å². The van der Waals surface area contributed by atoms with Gasteiger partial charge in [0.15, 0.2) is 9.84 Å². The molecule has 0 saturated heterocycles. The van der Waals surface area contributed by atoms with Crippen molar-refractivity contribution in [3.05, 3.63) is 56.5 Å². The first-order valence-corrected chi connectivity index (χ1v) is 11.3. The minimum Gasteiger partial charge on any atom is -0.496 e. The average molecular weight is 524 g/mol. The summed E-state index contributed by atoms with van der Waals surface area (Å²) in [5, 5.41) is 20.6. The van der Waals surface area contributed by atoms with Crippen LogP contribution in [-0.4, -0.2) is 44.4 Å². The number of aliphatic hydroxyl groups is 2. The van der Waals surface area contributed by atoms with Crippen LogP contribution in [0.3, 0.4) is 0 Å². The summed E-state index contributed by atoms with van der Waals surface area (Å²) < 4.78 is 36.3. The Hall–Kier alpha value is -1.13. The van der Waals surface area contributed by atoms with Crippen molar-refractivity contribution < 1.29 is 28.1 Å². The number of rotatable bonds is 8. The SMILES string of the molecule is COc1ccc(C(O)CS(=O)(=O)CC(O)c2ccc(OC)c(Br)c2)cc1Br. The third kappa shape index (κ3) is 5.92. The van der Waals surface area contributed by atoms with E-state index in [1.54, 1.807) is 36.4 Å². The largest absolute Gasteiger partial charge is 0.496 e. The van der Waals surface area contributed by atoms with E-state index in [0.29, 0.717) is 31.6 Å². The molecule has 0 aliphatic rings. The number of benzene rings is 2. The molecule has 0 aromatic heterocycles. The van der Waals surface area contributed by atoms with Crippen LogP contribution in [0.4, 0.5) is 0 Å². The number of hydrogen-bond acceptors (Lipinski definition) is 6. The molecule has 9 heteroatoms. The smallest absolute Gasteiger partial charge is 0.156 e. The van der Waals surface area contributed by atoms with Crippen molar-refractivity contribution in [2.75, 3.05) is 25.7 Å². The molecule has 0 fully saturated rings. The van der Waals surface area contributed by atoms with E-state index < -0.39 is 33.6 Å². The first-order valence-electron chi connectivity index (χ1n) is 7.90. The van der Waals surface area contributed by atoms with Gasteiger partial charge in [0, 0.05) is 0 Å². The summed E-state index contributed by atoms with van der Waals surface area (Å²) >= 11 is 6.61. The molecule has 2 rings (SSSR count). The predicted octanol–water partition coefficient (Wildman–Crippen LogP) is 3.41. The summed E-state index contributed by atoms with van der Waals surface area (Å²) in [6.07, 6.45) is -2.43. The molecule has 0 saturated carbocycles. The summed E-state index contributed by atoms with van der Waals surface area (Å²) in [7, 11) is -0.700. The maximum absolute atomic E-state index is 12.4. The summed E-state index contributed by atoms with van der Waals surface area (Å²) in [6.45, 7) is 0. The van der Waals surface area contributed by atoms with Gasteiger partial charge in [0.2, 0.25) is 0 Å². The Kier molecular flexibility index (Phi) is 7.70. The summed E-state index contributed by atoms with van der Waals surface area (Å²) in [5.41, 5.74) is 0.876. The molecule has 2 unspecified atom stereocenters. The lowest BCUT2D eigenvalue weighted by atomic mass is 10.1. The maximum Gasteiger partial charge on any atom is 0.156 e. The summed E-state index contributed by atoms with van der Waals surface area (Å²) in [4.78, 5) is 0. The van der Waals surface area contributed by atoms with E-state index in [2.05, 4.69) is 31.9 Å². The van der Waals surface area contributed by atoms with Gasteiger partial charge >= 0.3 is 0 Å². The molecule has 2 atom stereocenters. The minimum atomic E-state index is -3.73. The molecular weight excluding hydrogens is 504 g/mol. The molecule has 2 aromatic rings. The van der Waals surface area contributed by atoms with Gasteiger partial charge in [-0.15, -0.1) is 0 Å². The number of methoxy groups -OCH3 is 2. The zero-order valence-corrected chi connectivity index (χ0v) is 18.7. The van der Waals surface area contributed by atoms with Crippen LogP contribution in [0.2, 0.25) is 0 Å². The lowest BCUT2D eigenvalue weighted by Crippen LogP contribution is -2.21. The lowest BCUT2D eigenvalue weighted by Gasteiger charge is -2.16. The summed E-state index contributed by atoms with van der Waals surface area (Å²) in [5.74, 6) is 0.156. The van der Waals surface area contributed by atoms with Crippen LogP contribution in [-0.2, 0) is 9.84 Å². The Balaban J connectivity index is 2.09. The van der Waals surface area contributed by atoms with E-state index in [0.717, 1.165) is 0 Å². The molecule has 0 aliphatic carbocycles. The highest BCUT2D eigenvalue weighted by atomic mass is 79.9. The Bertz CT molecular complexity index is 833. The molecule has 0 radical (unpaired) electrons. The predicted molar refractivity (Wildman–Crippen MR) is 110 cm³/mol. The standard InChI is InChI=1S/C18H20Br2O6S/c1-25-17-5-3-11(7-13(17)19)15(21)9-27(23,24)10-16(22)12-4-6-18(26-2)14(20)8-12/h3-8,15-16,21-22H,9-10H2,1-2H3. The highest BCUT2D eigenvalue weighted by Gasteiger charge is 2.24.